The van der Waals surface area contributed by atoms with E-state index >= 15 is 0 Å². The summed E-state index contributed by atoms with van der Waals surface area (Å²) in [5.41, 5.74) is 2.79. The van der Waals surface area contributed by atoms with Gasteiger partial charge in [-0.1, -0.05) is 38.1 Å². The summed E-state index contributed by atoms with van der Waals surface area (Å²) in [6.45, 7) is 7.38. The molecule has 24 heavy (non-hydrogen) atoms. The quantitative estimate of drug-likeness (QED) is 0.884. The first-order valence-corrected chi connectivity index (χ1v) is 8.65. The van der Waals surface area contributed by atoms with Crippen molar-refractivity contribution in [3.8, 4) is 0 Å². The topological polar surface area (TPSA) is 61.3 Å². The highest BCUT2D eigenvalue weighted by Crippen LogP contribution is 2.32. The summed E-state index contributed by atoms with van der Waals surface area (Å²) >= 11 is 0. The summed E-state index contributed by atoms with van der Waals surface area (Å²) in [5.74, 6) is 1.81. The van der Waals surface area contributed by atoms with Gasteiger partial charge in [0.05, 0.1) is 18.7 Å². The first-order chi connectivity index (χ1) is 11.6. The molecule has 2 heterocycles. The molecule has 0 bridgehead atoms. The molecular weight excluding hydrogens is 300 g/mol. The maximum absolute atomic E-state index is 9.50. The zero-order chi connectivity index (χ0) is 17.1. The first-order valence-electron chi connectivity index (χ1n) is 8.65. The van der Waals surface area contributed by atoms with Crippen LogP contribution >= 0.6 is 0 Å². The van der Waals surface area contributed by atoms with E-state index in [1.54, 1.807) is 6.20 Å². The standard InChI is InChI=1S/C19H26N4O/c1-13(2)17(12-24)21-19-20-10-8-18(22-19)23-11-9-15-6-4-5-7-16(15)14(23)3/h4-8,10,13-14,17,24H,9,11-12H2,1-3H3,(H,20,21,22)/t14-,17+/m0/s1. The molecule has 0 saturated carbocycles. The molecule has 0 amide bonds. The van der Waals surface area contributed by atoms with E-state index in [1.807, 2.05) is 6.07 Å². The number of nitrogens with zero attached hydrogens (tertiary/aromatic N) is 3. The van der Waals surface area contributed by atoms with Gasteiger partial charge in [0.15, 0.2) is 0 Å². The fourth-order valence-electron chi connectivity index (χ4n) is 3.25. The monoisotopic (exact) mass is 326 g/mol. The van der Waals surface area contributed by atoms with Gasteiger partial charge in [0.2, 0.25) is 5.95 Å². The zero-order valence-electron chi connectivity index (χ0n) is 14.6. The molecular formula is C19H26N4O. The van der Waals surface area contributed by atoms with Crippen LogP contribution in [0.15, 0.2) is 36.5 Å². The van der Waals surface area contributed by atoms with Crippen LogP contribution < -0.4 is 10.2 Å². The predicted molar refractivity (Wildman–Crippen MR) is 97.3 cm³/mol. The van der Waals surface area contributed by atoms with Gasteiger partial charge >= 0.3 is 0 Å². The second-order valence-electron chi connectivity index (χ2n) is 6.73. The molecule has 1 aliphatic heterocycles. The third-order valence-electron chi connectivity index (χ3n) is 4.85. The Hall–Kier alpha value is -2.14. The van der Waals surface area contributed by atoms with Gasteiger partial charge in [0.25, 0.3) is 0 Å². The number of aliphatic hydroxyl groups is 1. The minimum Gasteiger partial charge on any atom is -0.394 e. The molecule has 1 aliphatic rings. The molecule has 3 rings (SSSR count). The normalized spacial score (nSPS) is 18.4. The van der Waals surface area contributed by atoms with Crippen LogP contribution in [0.5, 0.6) is 0 Å². The lowest BCUT2D eigenvalue weighted by Crippen LogP contribution is -2.35. The average Bonchev–Trinajstić information content (AvgIpc) is 2.60. The van der Waals surface area contributed by atoms with Crippen LogP contribution in [0, 0.1) is 5.92 Å². The molecule has 2 atom stereocenters. The minimum absolute atomic E-state index is 0.0419. The summed E-state index contributed by atoms with van der Waals surface area (Å²) < 4.78 is 0. The summed E-state index contributed by atoms with van der Waals surface area (Å²) in [6.07, 6.45) is 2.81. The number of benzene rings is 1. The summed E-state index contributed by atoms with van der Waals surface area (Å²) in [5, 5.41) is 12.7. The molecule has 5 heteroatoms. The minimum atomic E-state index is -0.0419. The van der Waals surface area contributed by atoms with Gasteiger partial charge in [-0.05, 0) is 36.5 Å². The number of rotatable bonds is 5. The number of aliphatic hydroxyl groups excluding tert-OH is 1. The Bertz CT molecular complexity index is 689. The Balaban J connectivity index is 1.82. The Morgan fingerprint density at radius 2 is 2.08 bits per heavy atom. The fraction of sp³-hybridized carbons (Fsp3) is 0.474. The van der Waals surface area contributed by atoms with E-state index in [4.69, 9.17) is 0 Å². The van der Waals surface area contributed by atoms with E-state index in [2.05, 4.69) is 65.2 Å². The second-order valence-corrected chi connectivity index (χ2v) is 6.73. The van der Waals surface area contributed by atoms with E-state index in [0.29, 0.717) is 11.9 Å². The Labute approximate surface area is 143 Å². The highest BCUT2D eigenvalue weighted by atomic mass is 16.3. The van der Waals surface area contributed by atoms with Crippen molar-refractivity contribution < 1.29 is 5.11 Å². The van der Waals surface area contributed by atoms with E-state index < -0.39 is 0 Å². The zero-order valence-corrected chi connectivity index (χ0v) is 14.6. The number of anilines is 2. The molecule has 0 aliphatic carbocycles. The number of hydrogen-bond acceptors (Lipinski definition) is 5. The van der Waals surface area contributed by atoms with Gasteiger partial charge in [-0.2, -0.15) is 4.98 Å². The van der Waals surface area contributed by atoms with E-state index in [9.17, 15) is 5.11 Å². The van der Waals surface area contributed by atoms with Gasteiger partial charge < -0.3 is 15.3 Å². The molecule has 0 spiro atoms. The number of hydrogen-bond donors (Lipinski definition) is 2. The van der Waals surface area contributed by atoms with Crippen LogP contribution in [-0.4, -0.2) is 34.3 Å². The predicted octanol–water partition coefficient (Wildman–Crippen LogP) is 3.03. The number of fused-ring (bicyclic) bond motifs is 1. The van der Waals surface area contributed by atoms with Crippen molar-refractivity contribution in [1.29, 1.82) is 0 Å². The van der Waals surface area contributed by atoms with Crippen molar-refractivity contribution in [3.63, 3.8) is 0 Å². The Morgan fingerprint density at radius 1 is 1.29 bits per heavy atom. The van der Waals surface area contributed by atoms with E-state index in [-0.39, 0.29) is 18.7 Å². The van der Waals surface area contributed by atoms with Crippen LogP contribution in [0.25, 0.3) is 0 Å². The lowest BCUT2D eigenvalue weighted by Gasteiger charge is -2.36. The highest BCUT2D eigenvalue weighted by molar-refractivity contribution is 5.49. The molecule has 0 fully saturated rings. The number of aromatic nitrogens is 2. The maximum atomic E-state index is 9.50. The smallest absolute Gasteiger partial charge is 0.224 e. The van der Waals surface area contributed by atoms with Crippen LogP contribution in [0.1, 0.15) is 37.9 Å². The second kappa shape index (κ2) is 7.18. The fourth-order valence-corrected chi connectivity index (χ4v) is 3.25. The van der Waals surface area contributed by atoms with Crippen molar-refractivity contribution in [1.82, 2.24) is 9.97 Å². The summed E-state index contributed by atoms with van der Waals surface area (Å²) in [7, 11) is 0. The van der Waals surface area contributed by atoms with Crippen molar-refractivity contribution in [2.75, 3.05) is 23.4 Å². The molecule has 2 N–H and O–H groups in total. The summed E-state index contributed by atoms with van der Waals surface area (Å²) in [6, 6.07) is 10.8. The van der Waals surface area contributed by atoms with Crippen molar-refractivity contribution in [2.24, 2.45) is 5.92 Å². The van der Waals surface area contributed by atoms with Gasteiger partial charge in [-0.25, -0.2) is 4.98 Å². The Morgan fingerprint density at radius 3 is 2.83 bits per heavy atom. The van der Waals surface area contributed by atoms with Gasteiger partial charge in [0.1, 0.15) is 5.82 Å². The molecule has 5 nitrogen and oxygen atoms in total. The lowest BCUT2D eigenvalue weighted by molar-refractivity contribution is 0.248. The average molecular weight is 326 g/mol. The van der Waals surface area contributed by atoms with E-state index in [0.717, 1.165) is 18.8 Å². The third-order valence-corrected chi connectivity index (χ3v) is 4.85. The highest BCUT2D eigenvalue weighted by Gasteiger charge is 2.25. The van der Waals surface area contributed by atoms with Gasteiger partial charge in [-0.15, -0.1) is 0 Å². The van der Waals surface area contributed by atoms with Crippen molar-refractivity contribution in [3.05, 3.63) is 47.7 Å². The van der Waals surface area contributed by atoms with E-state index in [1.165, 1.54) is 11.1 Å². The SMILES string of the molecule is CC(C)[C@@H](CO)Nc1nccc(N2CCc3ccccc3[C@@H]2C)n1. The largest absolute Gasteiger partial charge is 0.394 e. The first kappa shape index (κ1) is 16.7. The molecule has 0 unspecified atom stereocenters. The molecule has 128 valence electrons. The molecule has 0 radical (unpaired) electrons. The van der Waals surface area contributed by atoms with Gasteiger partial charge in [-0.3, -0.25) is 0 Å². The van der Waals surface area contributed by atoms with Crippen LogP contribution in [0.4, 0.5) is 11.8 Å². The van der Waals surface area contributed by atoms with Crippen molar-refractivity contribution >= 4 is 11.8 Å². The molecule has 0 saturated heterocycles. The van der Waals surface area contributed by atoms with Gasteiger partial charge in [0, 0.05) is 12.7 Å². The molecule has 1 aromatic carbocycles. The molecule has 1 aromatic heterocycles. The van der Waals surface area contributed by atoms with Crippen LogP contribution in [0.3, 0.4) is 0 Å². The molecule has 2 aromatic rings. The Kier molecular flexibility index (Phi) is 5.00. The lowest BCUT2D eigenvalue weighted by atomic mass is 9.94. The third kappa shape index (κ3) is 3.36. The van der Waals surface area contributed by atoms with Crippen LogP contribution in [-0.2, 0) is 6.42 Å². The van der Waals surface area contributed by atoms with Crippen molar-refractivity contribution in [2.45, 2.75) is 39.3 Å². The summed E-state index contributed by atoms with van der Waals surface area (Å²) in [4.78, 5) is 11.3. The number of nitrogens with one attached hydrogen (secondary N) is 1. The maximum Gasteiger partial charge on any atom is 0.224 e. The van der Waals surface area contributed by atoms with Crippen LogP contribution in [0.2, 0.25) is 0 Å².